The van der Waals surface area contributed by atoms with Gasteiger partial charge in [0.1, 0.15) is 0 Å². The molecule has 3 N–H and O–H groups in total. The van der Waals surface area contributed by atoms with Crippen molar-refractivity contribution in [3.05, 3.63) is 33.8 Å². The first-order valence-electron chi connectivity index (χ1n) is 8.36. The van der Waals surface area contributed by atoms with Crippen molar-refractivity contribution in [3.63, 3.8) is 0 Å². The molecule has 2 atom stereocenters. The Labute approximate surface area is 154 Å². The molecule has 0 amide bonds. The quantitative estimate of drug-likeness (QED) is 0.530. The molecule has 0 saturated carbocycles. The van der Waals surface area contributed by atoms with E-state index in [-0.39, 0.29) is 6.54 Å². The first kappa shape index (κ1) is 19.3. The van der Waals surface area contributed by atoms with E-state index in [1.54, 1.807) is 18.2 Å². The molecule has 1 fully saturated rings. The van der Waals surface area contributed by atoms with Crippen molar-refractivity contribution >= 4 is 29.2 Å². The molecule has 0 aliphatic carbocycles. The first-order chi connectivity index (χ1) is 11.5. The van der Waals surface area contributed by atoms with Gasteiger partial charge in [0, 0.05) is 29.2 Å². The van der Waals surface area contributed by atoms with Gasteiger partial charge in [-0.15, -0.1) is 0 Å². The van der Waals surface area contributed by atoms with Crippen LogP contribution in [0.2, 0.25) is 10.0 Å². The molecule has 0 spiro atoms. The fourth-order valence-corrected chi connectivity index (χ4v) is 3.39. The van der Waals surface area contributed by atoms with E-state index < -0.39 is 6.10 Å². The number of aliphatic imine (C=N–C) groups is 1. The third kappa shape index (κ3) is 5.81. The zero-order chi connectivity index (χ0) is 17.5. The summed E-state index contributed by atoms with van der Waals surface area (Å²) in [7, 11) is 2.15. The van der Waals surface area contributed by atoms with Crippen LogP contribution in [0, 0.1) is 0 Å². The second-order valence-corrected chi connectivity index (χ2v) is 6.97. The molecule has 7 heteroatoms. The summed E-state index contributed by atoms with van der Waals surface area (Å²) in [6.45, 7) is 5.03. The Morgan fingerprint density at radius 1 is 1.33 bits per heavy atom. The molecule has 24 heavy (non-hydrogen) atoms. The normalized spacial score (nSPS) is 20.2. The summed E-state index contributed by atoms with van der Waals surface area (Å²) in [5.41, 5.74) is 0.669. The third-order valence-electron chi connectivity index (χ3n) is 4.21. The molecule has 1 heterocycles. The summed E-state index contributed by atoms with van der Waals surface area (Å²) < 4.78 is 0. The highest BCUT2D eigenvalue weighted by Crippen LogP contribution is 2.23. The molecule has 0 bridgehead atoms. The minimum atomic E-state index is -0.745. The largest absolute Gasteiger partial charge is 0.386 e. The van der Waals surface area contributed by atoms with Crippen LogP contribution in [-0.4, -0.2) is 55.2 Å². The van der Waals surface area contributed by atoms with Crippen LogP contribution in [-0.2, 0) is 0 Å². The maximum atomic E-state index is 10.3. The van der Waals surface area contributed by atoms with Crippen LogP contribution in [0.15, 0.2) is 23.2 Å². The van der Waals surface area contributed by atoms with Gasteiger partial charge >= 0.3 is 0 Å². The van der Waals surface area contributed by atoms with E-state index >= 15 is 0 Å². The topological polar surface area (TPSA) is 59.9 Å². The molecule has 2 unspecified atom stereocenters. The summed E-state index contributed by atoms with van der Waals surface area (Å²) in [6.07, 6.45) is 1.70. The van der Waals surface area contributed by atoms with E-state index in [0.29, 0.717) is 27.6 Å². The molecule has 1 aromatic rings. The van der Waals surface area contributed by atoms with E-state index in [1.165, 1.54) is 12.8 Å². The van der Waals surface area contributed by atoms with E-state index in [1.807, 2.05) is 6.92 Å². The SMILES string of the molecule is CCNC(=NCC(O)c1cc(Cl)cc(Cl)c1)NCC1CCCN1C. The van der Waals surface area contributed by atoms with Crippen molar-refractivity contribution in [1.29, 1.82) is 0 Å². The van der Waals surface area contributed by atoms with Gasteiger partial charge in [-0.3, -0.25) is 4.99 Å². The van der Waals surface area contributed by atoms with Crippen LogP contribution in [0.4, 0.5) is 0 Å². The van der Waals surface area contributed by atoms with Gasteiger partial charge in [-0.25, -0.2) is 0 Å². The Kier molecular flexibility index (Phi) is 7.62. The monoisotopic (exact) mass is 372 g/mol. The number of likely N-dealkylation sites (tertiary alicyclic amines) is 1. The number of benzene rings is 1. The average molecular weight is 373 g/mol. The van der Waals surface area contributed by atoms with Crippen LogP contribution in [0.1, 0.15) is 31.4 Å². The van der Waals surface area contributed by atoms with Crippen molar-refractivity contribution in [2.45, 2.75) is 31.9 Å². The fraction of sp³-hybridized carbons (Fsp3) is 0.588. The minimum absolute atomic E-state index is 0.243. The van der Waals surface area contributed by atoms with Gasteiger partial charge < -0.3 is 20.6 Å². The Bertz CT molecular complexity index is 547. The van der Waals surface area contributed by atoms with E-state index in [0.717, 1.165) is 19.6 Å². The predicted octanol–water partition coefficient (Wildman–Crippen LogP) is 2.68. The molecule has 0 radical (unpaired) electrons. The van der Waals surface area contributed by atoms with Crippen LogP contribution in [0.3, 0.4) is 0 Å². The van der Waals surface area contributed by atoms with Crippen molar-refractivity contribution < 1.29 is 5.11 Å². The Balaban J connectivity index is 1.93. The standard InChI is InChI=1S/C17H26Cl2N4O/c1-3-20-17(21-10-15-5-4-6-23(15)2)22-11-16(24)12-7-13(18)9-14(19)8-12/h7-9,15-16,24H,3-6,10-11H2,1-2H3,(H2,20,21,22). The number of nitrogens with zero attached hydrogens (tertiary/aromatic N) is 2. The maximum Gasteiger partial charge on any atom is 0.191 e. The Morgan fingerprint density at radius 2 is 2.04 bits per heavy atom. The maximum absolute atomic E-state index is 10.3. The second kappa shape index (κ2) is 9.47. The van der Waals surface area contributed by atoms with Gasteiger partial charge in [-0.2, -0.15) is 0 Å². The minimum Gasteiger partial charge on any atom is -0.386 e. The highest BCUT2D eigenvalue weighted by atomic mass is 35.5. The zero-order valence-corrected chi connectivity index (χ0v) is 15.7. The van der Waals surface area contributed by atoms with Crippen LogP contribution in [0.5, 0.6) is 0 Å². The van der Waals surface area contributed by atoms with Gasteiger partial charge in [-0.05, 0) is 57.1 Å². The molecule has 1 saturated heterocycles. The number of aliphatic hydroxyl groups is 1. The van der Waals surface area contributed by atoms with Gasteiger partial charge in [0.2, 0.25) is 0 Å². The van der Waals surface area contributed by atoms with Gasteiger partial charge in [-0.1, -0.05) is 23.2 Å². The molecule has 1 aliphatic heterocycles. The summed E-state index contributed by atoms with van der Waals surface area (Å²) >= 11 is 12.0. The Hall–Kier alpha value is -1.01. The fourth-order valence-electron chi connectivity index (χ4n) is 2.84. The van der Waals surface area contributed by atoms with E-state index in [9.17, 15) is 5.11 Å². The zero-order valence-electron chi connectivity index (χ0n) is 14.2. The summed E-state index contributed by atoms with van der Waals surface area (Å²) in [4.78, 5) is 6.84. The average Bonchev–Trinajstić information content (AvgIpc) is 2.94. The number of hydrogen-bond donors (Lipinski definition) is 3. The molecule has 1 aliphatic rings. The second-order valence-electron chi connectivity index (χ2n) is 6.10. The van der Waals surface area contributed by atoms with Crippen LogP contribution >= 0.6 is 23.2 Å². The predicted molar refractivity (Wildman–Crippen MR) is 101 cm³/mol. The third-order valence-corrected chi connectivity index (χ3v) is 4.65. The lowest BCUT2D eigenvalue weighted by atomic mass is 10.1. The number of guanidine groups is 1. The van der Waals surface area contributed by atoms with Gasteiger partial charge in [0.15, 0.2) is 5.96 Å². The molecular formula is C17H26Cl2N4O. The molecule has 0 aromatic heterocycles. The molecule has 2 rings (SSSR count). The number of aliphatic hydroxyl groups excluding tert-OH is 1. The summed E-state index contributed by atoms with van der Waals surface area (Å²) in [5.74, 6) is 0.713. The van der Waals surface area contributed by atoms with Crippen molar-refractivity contribution in [3.8, 4) is 0 Å². The number of rotatable bonds is 6. The van der Waals surface area contributed by atoms with E-state index in [4.69, 9.17) is 23.2 Å². The van der Waals surface area contributed by atoms with Gasteiger partial charge in [0.05, 0.1) is 12.6 Å². The lowest BCUT2D eigenvalue weighted by Crippen LogP contribution is -2.44. The molecule has 1 aromatic carbocycles. The molecular weight excluding hydrogens is 347 g/mol. The number of halogens is 2. The number of likely N-dealkylation sites (N-methyl/N-ethyl adjacent to an activating group) is 1. The summed E-state index contributed by atoms with van der Waals surface area (Å²) in [6, 6.07) is 5.60. The highest BCUT2D eigenvalue weighted by molar-refractivity contribution is 6.34. The summed E-state index contributed by atoms with van der Waals surface area (Å²) in [5, 5.41) is 17.9. The lowest BCUT2D eigenvalue weighted by molar-refractivity contribution is 0.187. The molecule has 5 nitrogen and oxygen atoms in total. The van der Waals surface area contributed by atoms with Gasteiger partial charge in [0.25, 0.3) is 0 Å². The molecule has 134 valence electrons. The van der Waals surface area contributed by atoms with Crippen LogP contribution < -0.4 is 10.6 Å². The number of hydrogen-bond acceptors (Lipinski definition) is 3. The Morgan fingerprint density at radius 3 is 2.62 bits per heavy atom. The number of nitrogens with one attached hydrogen (secondary N) is 2. The van der Waals surface area contributed by atoms with E-state index in [2.05, 4.69) is 27.6 Å². The first-order valence-corrected chi connectivity index (χ1v) is 9.11. The van der Waals surface area contributed by atoms with Crippen molar-refractivity contribution in [2.24, 2.45) is 4.99 Å². The lowest BCUT2D eigenvalue weighted by Gasteiger charge is -2.21. The van der Waals surface area contributed by atoms with Crippen molar-refractivity contribution in [2.75, 3.05) is 33.2 Å². The van der Waals surface area contributed by atoms with Crippen LogP contribution in [0.25, 0.3) is 0 Å². The highest BCUT2D eigenvalue weighted by Gasteiger charge is 2.20. The van der Waals surface area contributed by atoms with Crippen molar-refractivity contribution in [1.82, 2.24) is 15.5 Å². The smallest absolute Gasteiger partial charge is 0.191 e.